The van der Waals surface area contributed by atoms with Crippen molar-refractivity contribution in [1.29, 1.82) is 0 Å². The molecular formula is C26H23N5O4S2. The van der Waals surface area contributed by atoms with E-state index >= 15 is 0 Å². The van der Waals surface area contributed by atoms with Gasteiger partial charge in [-0.25, -0.2) is 23.1 Å². The summed E-state index contributed by atoms with van der Waals surface area (Å²) in [6.45, 7) is 3.49. The van der Waals surface area contributed by atoms with Gasteiger partial charge in [0.25, 0.3) is 21.8 Å². The van der Waals surface area contributed by atoms with Gasteiger partial charge in [0.15, 0.2) is 0 Å². The Hall–Kier alpha value is -4.35. The first-order chi connectivity index (χ1) is 17.7. The third-order valence-electron chi connectivity index (χ3n) is 4.99. The van der Waals surface area contributed by atoms with Crippen molar-refractivity contribution in [2.75, 3.05) is 10.0 Å². The number of sulfonamides is 1. The highest BCUT2D eigenvalue weighted by Crippen LogP contribution is 2.19. The zero-order valence-corrected chi connectivity index (χ0v) is 21.6. The lowest BCUT2D eigenvalue weighted by molar-refractivity contribution is -0.113. The maximum absolute atomic E-state index is 13.1. The van der Waals surface area contributed by atoms with Crippen molar-refractivity contribution in [2.24, 2.45) is 0 Å². The molecule has 0 bridgehead atoms. The minimum absolute atomic E-state index is 0.0209. The van der Waals surface area contributed by atoms with Crippen LogP contribution in [0.1, 0.15) is 26.6 Å². The predicted molar refractivity (Wildman–Crippen MR) is 144 cm³/mol. The van der Waals surface area contributed by atoms with Gasteiger partial charge < -0.3 is 10.6 Å². The number of carbonyl (C=O) groups is 2. The molecule has 0 aliphatic carbocycles. The van der Waals surface area contributed by atoms with Gasteiger partial charge in [0, 0.05) is 27.5 Å². The fourth-order valence-electron chi connectivity index (χ4n) is 3.32. The second-order valence-electron chi connectivity index (χ2n) is 7.95. The molecule has 2 amide bonds. The Balaban J connectivity index is 1.50. The Morgan fingerprint density at radius 2 is 1.57 bits per heavy atom. The summed E-state index contributed by atoms with van der Waals surface area (Å²) in [5, 5.41) is 7.22. The molecule has 0 saturated carbocycles. The summed E-state index contributed by atoms with van der Waals surface area (Å²) in [6, 6.07) is 19.5. The highest BCUT2D eigenvalue weighted by molar-refractivity contribution is 7.92. The lowest BCUT2D eigenvalue weighted by Crippen LogP contribution is -2.30. The molecule has 2 heterocycles. The van der Waals surface area contributed by atoms with Crippen molar-refractivity contribution in [3.8, 4) is 0 Å². The number of carbonyl (C=O) groups excluding carboxylic acids is 2. The van der Waals surface area contributed by atoms with E-state index in [1.165, 1.54) is 35.6 Å². The van der Waals surface area contributed by atoms with E-state index in [-0.39, 0.29) is 16.5 Å². The fraction of sp³-hybridized carbons (Fsp3) is 0.0769. The van der Waals surface area contributed by atoms with Gasteiger partial charge in [-0.15, -0.1) is 11.3 Å². The van der Waals surface area contributed by atoms with Crippen molar-refractivity contribution in [3.05, 3.63) is 106 Å². The normalized spacial score (nSPS) is 11.6. The fourth-order valence-corrected chi connectivity index (χ4v) is 4.93. The maximum atomic E-state index is 13.1. The summed E-state index contributed by atoms with van der Waals surface area (Å²) in [6.07, 6.45) is 1.58. The minimum Gasteiger partial charge on any atom is -0.321 e. The van der Waals surface area contributed by atoms with Gasteiger partial charge in [-0.05, 0) is 73.8 Å². The Bertz CT molecular complexity index is 1530. The molecule has 0 atom stereocenters. The Labute approximate surface area is 218 Å². The van der Waals surface area contributed by atoms with E-state index < -0.39 is 21.8 Å². The quantitative estimate of drug-likeness (QED) is 0.289. The summed E-state index contributed by atoms with van der Waals surface area (Å²) in [5.74, 6) is -1.01. The summed E-state index contributed by atoms with van der Waals surface area (Å²) in [7, 11) is -3.94. The minimum atomic E-state index is -3.94. The average molecular weight is 534 g/mol. The summed E-state index contributed by atoms with van der Waals surface area (Å²) < 4.78 is 27.9. The summed E-state index contributed by atoms with van der Waals surface area (Å²) in [5.41, 5.74) is 2.06. The molecule has 188 valence electrons. The molecular weight excluding hydrogens is 510 g/mol. The first kappa shape index (κ1) is 25.7. The number of aromatic nitrogens is 2. The number of aryl methyl sites for hydroxylation is 2. The van der Waals surface area contributed by atoms with Gasteiger partial charge in [-0.3, -0.25) is 9.59 Å². The number of nitrogens with zero attached hydrogens (tertiary/aromatic N) is 2. The number of rotatable bonds is 8. The van der Waals surface area contributed by atoms with E-state index in [0.29, 0.717) is 22.6 Å². The summed E-state index contributed by atoms with van der Waals surface area (Å²) in [4.78, 5) is 34.7. The molecule has 37 heavy (non-hydrogen) atoms. The standard InChI is InChI=1S/C26H23N5O4S2/c1-17-15-18(2)28-26(27-17)31-37(34,35)22-12-10-20(11-13-22)29-25(33)23(16-21-9-6-14-36-21)30-24(32)19-7-4-3-5-8-19/h3-16H,1-2H3,(H,29,33)(H,30,32)(H,27,28,31)/b23-16+. The summed E-state index contributed by atoms with van der Waals surface area (Å²) >= 11 is 1.41. The molecule has 0 unspecified atom stereocenters. The third kappa shape index (κ3) is 6.87. The van der Waals surface area contributed by atoms with Crippen LogP contribution in [-0.4, -0.2) is 30.2 Å². The Morgan fingerprint density at radius 3 is 2.19 bits per heavy atom. The van der Waals surface area contributed by atoms with Crippen LogP contribution in [0.2, 0.25) is 0 Å². The topological polar surface area (TPSA) is 130 Å². The van der Waals surface area contributed by atoms with E-state index in [9.17, 15) is 18.0 Å². The number of anilines is 2. The van der Waals surface area contributed by atoms with Crippen molar-refractivity contribution in [2.45, 2.75) is 18.7 Å². The number of benzene rings is 2. The number of hydrogen-bond acceptors (Lipinski definition) is 7. The van der Waals surface area contributed by atoms with Crippen LogP contribution in [0, 0.1) is 13.8 Å². The first-order valence-electron chi connectivity index (χ1n) is 11.1. The number of amides is 2. The van der Waals surface area contributed by atoms with Gasteiger partial charge in [0.2, 0.25) is 5.95 Å². The number of nitrogens with one attached hydrogen (secondary N) is 3. The van der Waals surface area contributed by atoms with Crippen LogP contribution in [0.25, 0.3) is 6.08 Å². The van der Waals surface area contributed by atoms with Gasteiger partial charge >= 0.3 is 0 Å². The highest BCUT2D eigenvalue weighted by atomic mass is 32.2. The molecule has 4 rings (SSSR count). The molecule has 0 spiro atoms. The lowest BCUT2D eigenvalue weighted by Gasteiger charge is -2.12. The van der Waals surface area contributed by atoms with Crippen molar-refractivity contribution in [1.82, 2.24) is 15.3 Å². The number of hydrogen-bond donors (Lipinski definition) is 3. The van der Waals surface area contributed by atoms with Crippen LogP contribution in [-0.2, 0) is 14.8 Å². The van der Waals surface area contributed by atoms with E-state index in [0.717, 1.165) is 4.88 Å². The third-order valence-corrected chi connectivity index (χ3v) is 7.15. The molecule has 0 aliphatic rings. The van der Waals surface area contributed by atoms with Gasteiger partial charge in [0.1, 0.15) is 5.70 Å². The molecule has 11 heteroatoms. The van der Waals surface area contributed by atoms with Crippen LogP contribution < -0.4 is 15.4 Å². The van der Waals surface area contributed by atoms with E-state index in [1.54, 1.807) is 56.3 Å². The zero-order valence-electron chi connectivity index (χ0n) is 19.9. The molecule has 0 radical (unpaired) electrons. The van der Waals surface area contributed by atoms with Crippen molar-refractivity contribution < 1.29 is 18.0 Å². The maximum Gasteiger partial charge on any atom is 0.272 e. The molecule has 4 aromatic rings. The number of thiophene rings is 1. The average Bonchev–Trinajstić information content (AvgIpc) is 3.37. The lowest BCUT2D eigenvalue weighted by atomic mass is 10.2. The van der Waals surface area contributed by atoms with Crippen LogP contribution >= 0.6 is 11.3 Å². The van der Waals surface area contributed by atoms with Gasteiger partial charge in [-0.1, -0.05) is 24.3 Å². The Kier molecular flexibility index (Phi) is 7.75. The molecule has 0 saturated heterocycles. The van der Waals surface area contributed by atoms with Crippen LogP contribution in [0.15, 0.2) is 88.8 Å². The van der Waals surface area contributed by atoms with Crippen LogP contribution in [0.5, 0.6) is 0 Å². The largest absolute Gasteiger partial charge is 0.321 e. The smallest absolute Gasteiger partial charge is 0.272 e. The first-order valence-corrected chi connectivity index (χ1v) is 13.4. The zero-order chi connectivity index (χ0) is 26.4. The SMILES string of the molecule is Cc1cc(C)nc(NS(=O)(=O)c2ccc(NC(=O)/C(=C\c3cccs3)NC(=O)c3ccccc3)cc2)n1. The van der Waals surface area contributed by atoms with Crippen molar-refractivity contribution >= 4 is 50.9 Å². The van der Waals surface area contributed by atoms with Crippen LogP contribution in [0.4, 0.5) is 11.6 Å². The molecule has 2 aromatic carbocycles. The van der Waals surface area contributed by atoms with Crippen LogP contribution in [0.3, 0.4) is 0 Å². The molecule has 0 fully saturated rings. The van der Waals surface area contributed by atoms with E-state index in [4.69, 9.17) is 0 Å². The molecule has 2 aromatic heterocycles. The van der Waals surface area contributed by atoms with Gasteiger partial charge in [-0.2, -0.15) is 0 Å². The van der Waals surface area contributed by atoms with Crippen molar-refractivity contribution in [3.63, 3.8) is 0 Å². The predicted octanol–water partition coefficient (Wildman–Crippen LogP) is 4.37. The monoisotopic (exact) mass is 533 g/mol. The van der Waals surface area contributed by atoms with Gasteiger partial charge in [0.05, 0.1) is 4.90 Å². The molecule has 9 nitrogen and oxygen atoms in total. The molecule has 3 N–H and O–H groups in total. The van der Waals surface area contributed by atoms with E-state index in [2.05, 4.69) is 25.3 Å². The highest BCUT2D eigenvalue weighted by Gasteiger charge is 2.18. The second kappa shape index (κ2) is 11.1. The van der Waals surface area contributed by atoms with E-state index in [1.807, 2.05) is 17.5 Å². The Morgan fingerprint density at radius 1 is 0.892 bits per heavy atom. The molecule has 0 aliphatic heterocycles. The second-order valence-corrected chi connectivity index (χ2v) is 10.6.